The van der Waals surface area contributed by atoms with Crippen LogP contribution < -0.4 is 4.90 Å². The summed E-state index contributed by atoms with van der Waals surface area (Å²) in [6.07, 6.45) is 11.4. The van der Waals surface area contributed by atoms with E-state index in [4.69, 9.17) is 0 Å². The maximum absolute atomic E-state index is 12.6. The van der Waals surface area contributed by atoms with Gasteiger partial charge >= 0.3 is 0 Å². The first kappa shape index (κ1) is 16.9. The summed E-state index contributed by atoms with van der Waals surface area (Å²) in [7, 11) is 0. The summed E-state index contributed by atoms with van der Waals surface area (Å²) in [5, 5.41) is 0. The second-order valence-corrected chi connectivity index (χ2v) is 7.45. The Morgan fingerprint density at radius 2 is 1.85 bits per heavy atom. The topological polar surface area (TPSA) is 62.2 Å². The van der Waals surface area contributed by atoms with Gasteiger partial charge in [-0.2, -0.15) is 0 Å². The molecule has 136 valence electrons. The standard InChI is InChI=1S/C20H25N5O/c1-2-16-12-22-19(23-13-16)25-11-7-20(15-25)5-9-24(10-6-20)18(26)17-4-3-8-21-14-17/h3-4,8,12-14H,2,5-7,9-11,15H2,1H3. The Labute approximate surface area is 154 Å². The van der Waals surface area contributed by atoms with Gasteiger partial charge in [0.05, 0.1) is 5.56 Å². The molecule has 26 heavy (non-hydrogen) atoms. The summed E-state index contributed by atoms with van der Waals surface area (Å²) >= 11 is 0. The van der Waals surface area contributed by atoms with Crippen molar-refractivity contribution in [2.24, 2.45) is 5.41 Å². The number of rotatable bonds is 3. The van der Waals surface area contributed by atoms with Gasteiger partial charge in [0.1, 0.15) is 0 Å². The Morgan fingerprint density at radius 1 is 1.12 bits per heavy atom. The fourth-order valence-corrected chi connectivity index (χ4v) is 4.06. The third-order valence-corrected chi connectivity index (χ3v) is 5.84. The van der Waals surface area contributed by atoms with Gasteiger partial charge in [-0.1, -0.05) is 6.92 Å². The molecule has 4 heterocycles. The fraction of sp³-hybridized carbons (Fsp3) is 0.500. The van der Waals surface area contributed by atoms with E-state index in [0.717, 1.165) is 57.8 Å². The van der Waals surface area contributed by atoms with Crippen LogP contribution in [-0.2, 0) is 6.42 Å². The van der Waals surface area contributed by atoms with Crippen LogP contribution >= 0.6 is 0 Å². The van der Waals surface area contributed by atoms with Gasteiger partial charge in [-0.15, -0.1) is 0 Å². The SMILES string of the molecule is CCc1cnc(N2CCC3(CCN(C(=O)c4cccnc4)CC3)C2)nc1. The van der Waals surface area contributed by atoms with E-state index < -0.39 is 0 Å². The lowest BCUT2D eigenvalue weighted by molar-refractivity contribution is 0.0609. The number of likely N-dealkylation sites (tertiary alicyclic amines) is 1. The van der Waals surface area contributed by atoms with E-state index in [2.05, 4.69) is 26.8 Å². The van der Waals surface area contributed by atoms with E-state index in [0.29, 0.717) is 11.0 Å². The van der Waals surface area contributed by atoms with Crippen molar-refractivity contribution in [1.29, 1.82) is 0 Å². The number of piperidine rings is 1. The number of hydrogen-bond acceptors (Lipinski definition) is 5. The molecule has 0 aliphatic carbocycles. The molecular formula is C20H25N5O. The molecule has 0 bridgehead atoms. The number of nitrogens with zero attached hydrogens (tertiary/aromatic N) is 5. The summed E-state index contributed by atoms with van der Waals surface area (Å²) < 4.78 is 0. The van der Waals surface area contributed by atoms with Crippen molar-refractivity contribution in [2.45, 2.75) is 32.6 Å². The first-order valence-electron chi connectivity index (χ1n) is 9.44. The van der Waals surface area contributed by atoms with Crippen LogP contribution in [0.25, 0.3) is 0 Å². The normalized spacial score (nSPS) is 19.1. The summed E-state index contributed by atoms with van der Waals surface area (Å²) in [5.41, 5.74) is 2.14. The van der Waals surface area contributed by atoms with Crippen LogP contribution in [0.2, 0.25) is 0 Å². The highest BCUT2D eigenvalue weighted by Gasteiger charge is 2.42. The largest absolute Gasteiger partial charge is 0.340 e. The first-order valence-corrected chi connectivity index (χ1v) is 9.44. The third kappa shape index (κ3) is 3.28. The molecule has 2 aromatic heterocycles. The molecule has 2 aromatic rings. The van der Waals surface area contributed by atoms with E-state index in [9.17, 15) is 4.79 Å². The summed E-state index contributed by atoms with van der Waals surface area (Å²) in [6, 6.07) is 3.66. The van der Waals surface area contributed by atoms with E-state index in [-0.39, 0.29) is 5.91 Å². The Morgan fingerprint density at radius 3 is 2.50 bits per heavy atom. The summed E-state index contributed by atoms with van der Waals surface area (Å²) in [6.45, 7) is 5.74. The number of aryl methyl sites for hydroxylation is 1. The first-order chi connectivity index (χ1) is 12.7. The smallest absolute Gasteiger partial charge is 0.255 e. The van der Waals surface area contributed by atoms with Gasteiger partial charge in [-0.25, -0.2) is 9.97 Å². The molecule has 0 unspecified atom stereocenters. The van der Waals surface area contributed by atoms with Gasteiger partial charge in [-0.05, 0) is 48.8 Å². The van der Waals surface area contributed by atoms with Crippen molar-refractivity contribution < 1.29 is 4.79 Å². The minimum absolute atomic E-state index is 0.0984. The monoisotopic (exact) mass is 351 g/mol. The van der Waals surface area contributed by atoms with Crippen molar-refractivity contribution in [2.75, 3.05) is 31.1 Å². The molecule has 2 saturated heterocycles. The average molecular weight is 351 g/mol. The predicted molar refractivity (Wildman–Crippen MR) is 100 cm³/mol. The maximum Gasteiger partial charge on any atom is 0.255 e. The lowest BCUT2D eigenvalue weighted by atomic mass is 9.77. The second kappa shape index (κ2) is 7.02. The number of amides is 1. The van der Waals surface area contributed by atoms with Crippen LogP contribution in [0, 0.1) is 5.41 Å². The predicted octanol–water partition coefficient (Wildman–Crippen LogP) is 2.57. The van der Waals surface area contributed by atoms with E-state index in [1.165, 1.54) is 5.56 Å². The van der Waals surface area contributed by atoms with Crippen LogP contribution in [0.1, 0.15) is 42.1 Å². The molecule has 0 atom stereocenters. The second-order valence-electron chi connectivity index (χ2n) is 7.45. The molecule has 6 heteroatoms. The zero-order valence-electron chi connectivity index (χ0n) is 15.3. The van der Waals surface area contributed by atoms with E-state index in [1.54, 1.807) is 12.4 Å². The van der Waals surface area contributed by atoms with E-state index >= 15 is 0 Å². The quantitative estimate of drug-likeness (QED) is 0.850. The number of carbonyl (C=O) groups excluding carboxylic acids is 1. The fourth-order valence-electron chi connectivity index (χ4n) is 4.06. The number of hydrogen-bond donors (Lipinski definition) is 0. The van der Waals surface area contributed by atoms with Gasteiger partial charge < -0.3 is 9.80 Å². The van der Waals surface area contributed by atoms with Crippen molar-refractivity contribution in [1.82, 2.24) is 19.9 Å². The number of anilines is 1. The third-order valence-electron chi connectivity index (χ3n) is 5.84. The van der Waals surface area contributed by atoms with Crippen LogP contribution in [0.15, 0.2) is 36.9 Å². The highest BCUT2D eigenvalue weighted by Crippen LogP contribution is 2.41. The highest BCUT2D eigenvalue weighted by atomic mass is 16.2. The average Bonchev–Trinajstić information content (AvgIpc) is 3.12. The minimum Gasteiger partial charge on any atom is -0.340 e. The zero-order chi connectivity index (χ0) is 18.0. The molecule has 0 radical (unpaired) electrons. The molecule has 6 nitrogen and oxygen atoms in total. The maximum atomic E-state index is 12.6. The van der Waals surface area contributed by atoms with Gasteiger partial charge in [0.15, 0.2) is 0 Å². The van der Waals surface area contributed by atoms with E-state index in [1.807, 2.05) is 29.4 Å². The minimum atomic E-state index is 0.0984. The Kier molecular flexibility index (Phi) is 4.57. The number of carbonyl (C=O) groups is 1. The Balaban J connectivity index is 1.37. The molecule has 2 fully saturated rings. The number of pyridine rings is 1. The molecule has 1 spiro atoms. The molecule has 0 N–H and O–H groups in total. The van der Waals surface area contributed by atoms with Crippen molar-refractivity contribution in [3.63, 3.8) is 0 Å². The lowest BCUT2D eigenvalue weighted by Gasteiger charge is -2.39. The van der Waals surface area contributed by atoms with Gasteiger partial charge in [0, 0.05) is 51.0 Å². The molecule has 2 aliphatic heterocycles. The van der Waals surface area contributed by atoms with Crippen LogP contribution in [-0.4, -0.2) is 51.9 Å². The lowest BCUT2D eigenvalue weighted by Crippen LogP contribution is -2.44. The summed E-state index contributed by atoms with van der Waals surface area (Å²) in [4.78, 5) is 30.0. The van der Waals surface area contributed by atoms with Gasteiger partial charge in [0.2, 0.25) is 5.95 Å². The van der Waals surface area contributed by atoms with Crippen LogP contribution in [0.5, 0.6) is 0 Å². The Bertz CT molecular complexity index is 754. The van der Waals surface area contributed by atoms with Crippen molar-refractivity contribution >= 4 is 11.9 Å². The van der Waals surface area contributed by atoms with Gasteiger partial charge in [0.25, 0.3) is 5.91 Å². The Hall–Kier alpha value is -2.50. The van der Waals surface area contributed by atoms with Crippen LogP contribution in [0.3, 0.4) is 0 Å². The van der Waals surface area contributed by atoms with Crippen molar-refractivity contribution in [3.8, 4) is 0 Å². The van der Waals surface area contributed by atoms with Crippen LogP contribution in [0.4, 0.5) is 5.95 Å². The molecule has 1 amide bonds. The van der Waals surface area contributed by atoms with Crippen molar-refractivity contribution in [3.05, 3.63) is 48.0 Å². The van der Waals surface area contributed by atoms with Gasteiger partial charge in [-0.3, -0.25) is 9.78 Å². The molecular weight excluding hydrogens is 326 g/mol. The highest BCUT2D eigenvalue weighted by molar-refractivity contribution is 5.93. The molecule has 0 aromatic carbocycles. The molecule has 4 rings (SSSR count). The zero-order valence-corrected chi connectivity index (χ0v) is 15.3. The summed E-state index contributed by atoms with van der Waals surface area (Å²) in [5.74, 6) is 0.939. The molecule has 2 aliphatic rings. The number of aromatic nitrogens is 3. The molecule has 0 saturated carbocycles.